The second kappa shape index (κ2) is 10.1. The molecule has 1 spiro atoms. The first kappa shape index (κ1) is 23.4. The van der Waals surface area contributed by atoms with Gasteiger partial charge in [0.2, 0.25) is 11.8 Å². The summed E-state index contributed by atoms with van der Waals surface area (Å²) in [4.78, 5) is 43.9. The summed E-state index contributed by atoms with van der Waals surface area (Å²) in [6.07, 6.45) is 1.73. The number of nitrogens with one attached hydrogen (secondary N) is 1. The van der Waals surface area contributed by atoms with Crippen molar-refractivity contribution in [1.82, 2.24) is 15.1 Å². The van der Waals surface area contributed by atoms with Crippen LogP contribution in [0, 0.1) is 5.92 Å². The van der Waals surface area contributed by atoms with Gasteiger partial charge in [0, 0.05) is 48.8 Å². The second-order valence-electron chi connectivity index (χ2n) is 8.91. The van der Waals surface area contributed by atoms with Crippen molar-refractivity contribution in [2.24, 2.45) is 5.92 Å². The predicted molar refractivity (Wildman–Crippen MR) is 127 cm³/mol. The van der Waals surface area contributed by atoms with Gasteiger partial charge in [-0.1, -0.05) is 38.1 Å². The van der Waals surface area contributed by atoms with Crippen molar-refractivity contribution in [2.45, 2.75) is 44.9 Å². The zero-order valence-corrected chi connectivity index (χ0v) is 20.0. The summed E-state index contributed by atoms with van der Waals surface area (Å²) in [5, 5.41) is 5.01. The summed E-state index contributed by atoms with van der Waals surface area (Å²) in [6.45, 7) is 5.44. The van der Waals surface area contributed by atoms with E-state index in [0.717, 1.165) is 6.42 Å². The summed E-state index contributed by atoms with van der Waals surface area (Å²) < 4.78 is 6.22. The van der Waals surface area contributed by atoms with Crippen LogP contribution in [0.25, 0.3) is 0 Å². The Morgan fingerprint density at radius 3 is 2.48 bits per heavy atom. The lowest BCUT2D eigenvalue weighted by molar-refractivity contribution is -0.146. The summed E-state index contributed by atoms with van der Waals surface area (Å²) in [5.41, 5.74) is -0.351. The highest BCUT2D eigenvalue weighted by molar-refractivity contribution is 7.09. The van der Waals surface area contributed by atoms with Gasteiger partial charge in [-0.2, -0.15) is 0 Å². The molecular weight excluding hydrogens is 438 g/mol. The highest BCUT2D eigenvalue weighted by Gasteiger charge is 2.54. The maximum atomic E-state index is 13.6. The topological polar surface area (TPSA) is 79.0 Å². The number of piperidine rings is 1. The quantitative estimate of drug-likeness (QED) is 0.706. The second-order valence-corrected chi connectivity index (χ2v) is 9.95. The molecule has 2 aliphatic heterocycles. The van der Waals surface area contributed by atoms with E-state index >= 15 is 0 Å². The number of benzene rings is 1. The fraction of sp³-hybridized carbons (Fsp3) is 0.480. The van der Waals surface area contributed by atoms with E-state index in [0.29, 0.717) is 38.0 Å². The molecule has 4 rings (SSSR count). The Bertz CT molecular complexity index is 969. The monoisotopic (exact) mass is 469 g/mol. The number of carbonyl (C=O) groups excluding carboxylic acids is 3. The highest BCUT2D eigenvalue weighted by Crippen LogP contribution is 2.38. The minimum Gasteiger partial charge on any atom is -0.354 e. The number of hydrogen-bond acceptors (Lipinski definition) is 5. The standard InChI is InChI=1S/C25H31N3O4S/c1-18(2)23(30)27-14-11-25(12-15-27)28(24(31)19-7-4-3-5-8-19)21(17-32-25)22(29)26-13-10-20-9-6-16-33-20/h3-9,16,18,21H,10-15,17H2,1-2H3,(H,26,29)/t21-/m1/s1. The van der Waals surface area contributed by atoms with E-state index < -0.39 is 11.8 Å². The molecule has 7 nitrogen and oxygen atoms in total. The molecule has 3 heterocycles. The molecule has 0 saturated carbocycles. The average molecular weight is 470 g/mol. The van der Waals surface area contributed by atoms with Crippen LogP contribution in [0.1, 0.15) is 41.9 Å². The van der Waals surface area contributed by atoms with E-state index in [4.69, 9.17) is 4.74 Å². The predicted octanol–water partition coefficient (Wildman–Crippen LogP) is 2.92. The number of rotatable bonds is 6. The van der Waals surface area contributed by atoms with Crippen LogP contribution in [0.15, 0.2) is 47.8 Å². The number of hydrogen-bond donors (Lipinski definition) is 1. The number of nitrogens with zero attached hydrogens (tertiary/aromatic N) is 2. The lowest BCUT2D eigenvalue weighted by Crippen LogP contribution is -2.60. The number of ether oxygens (including phenoxy) is 1. The van der Waals surface area contributed by atoms with Crippen LogP contribution >= 0.6 is 11.3 Å². The third-order valence-electron chi connectivity index (χ3n) is 6.40. The minimum atomic E-state index is -0.879. The van der Waals surface area contributed by atoms with Gasteiger partial charge in [-0.15, -0.1) is 11.3 Å². The molecule has 2 fully saturated rings. The Labute approximate surface area is 198 Å². The van der Waals surface area contributed by atoms with E-state index in [1.54, 1.807) is 28.4 Å². The Kier molecular flexibility index (Phi) is 7.14. The van der Waals surface area contributed by atoms with Gasteiger partial charge in [-0.3, -0.25) is 19.3 Å². The Hall–Kier alpha value is -2.71. The highest BCUT2D eigenvalue weighted by atomic mass is 32.1. The van der Waals surface area contributed by atoms with Crippen LogP contribution < -0.4 is 5.32 Å². The molecule has 1 N–H and O–H groups in total. The molecule has 0 unspecified atom stereocenters. The third kappa shape index (κ3) is 4.96. The van der Waals surface area contributed by atoms with Crippen molar-refractivity contribution in [3.63, 3.8) is 0 Å². The third-order valence-corrected chi connectivity index (χ3v) is 7.34. The van der Waals surface area contributed by atoms with Crippen LogP contribution in [-0.4, -0.2) is 65.5 Å². The van der Waals surface area contributed by atoms with Gasteiger partial charge in [0.25, 0.3) is 5.91 Å². The van der Waals surface area contributed by atoms with Crippen LogP contribution in [0.4, 0.5) is 0 Å². The van der Waals surface area contributed by atoms with E-state index in [2.05, 4.69) is 5.32 Å². The molecule has 33 heavy (non-hydrogen) atoms. The molecular formula is C25H31N3O4S. The van der Waals surface area contributed by atoms with Crippen molar-refractivity contribution in [1.29, 1.82) is 0 Å². The molecule has 8 heteroatoms. The first-order valence-electron chi connectivity index (χ1n) is 11.5. The molecule has 1 atom stereocenters. The molecule has 1 aromatic heterocycles. The van der Waals surface area contributed by atoms with Crippen molar-refractivity contribution < 1.29 is 19.1 Å². The van der Waals surface area contributed by atoms with Crippen molar-refractivity contribution in [3.8, 4) is 0 Å². The average Bonchev–Trinajstić information content (AvgIpc) is 3.47. The molecule has 176 valence electrons. The maximum Gasteiger partial charge on any atom is 0.256 e. The first-order chi connectivity index (χ1) is 15.9. The summed E-state index contributed by atoms with van der Waals surface area (Å²) >= 11 is 1.66. The summed E-state index contributed by atoms with van der Waals surface area (Å²) in [6, 6.07) is 12.4. The van der Waals surface area contributed by atoms with Crippen molar-refractivity contribution in [3.05, 3.63) is 58.3 Å². The smallest absolute Gasteiger partial charge is 0.256 e. The minimum absolute atomic E-state index is 0.0764. The number of carbonyl (C=O) groups is 3. The van der Waals surface area contributed by atoms with Gasteiger partial charge in [-0.25, -0.2) is 0 Å². The number of amides is 3. The van der Waals surface area contributed by atoms with Crippen LogP contribution in [0.3, 0.4) is 0 Å². The Balaban J connectivity index is 1.51. The van der Waals surface area contributed by atoms with Crippen molar-refractivity contribution >= 4 is 29.1 Å². The largest absolute Gasteiger partial charge is 0.354 e. The van der Waals surface area contributed by atoms with E-state index in [1.807, 2.05) is 54.5 Å². The first-order valence-corrected chi connectivity index (χ1v) is 12.4. The van der Waals surface area contributed by atoms with Crippen LogP contribution in [0.5, 0.6) is 0 Å². The molecule has 2 aromatic rings. The Morgan fingerprint density at radius 1 is 1.12 bits per heavy atom. The number of likely N-dealkylation sites (tertiary alicyclic amines) is 1. The SMILES string of the molecule is CC(C)C(=O)N1CCC2(CC1)OC[C@H](C(=O)NCCc1cccs1)N2C(=O)c1ccccc1. The molecule has 1 aromatic carbocycles. The van der Waals surface area contributed by atoms with Gasteiger partial charge < -0.3 is 15.0 Å². The lowest BCUT2D eigenvalue weighted by atomic mass is 9.95. The zero-order chi connectivity index (χ0) is 23.4. The van der Waals surface area contributed by atoms with E-state index in [-0.39, 0.29) is 30.2 Å². The lowest BCUT2D eigenvalue weighted by Gasteiger charge is -2.44. The number of thiophene rings is 1. The van der Waals surface area contributed by atoms with E-state index in [9.17, 15) is 14.4 Å². The van der Waals surface area contributed by atoms with Gasteiger partial charge >= 0.3 is 0 Å². The normalized spacial score (nSPS) is 19.8. The van der Waals surface area contributed by atoms with Crippen molar-refractivity contribution in [2.75, 3.05) is 26.2 Å². The van der Waals surface area contributed by atoms with Gasteiger partial charge in [0.1, 0.15) is 11.8 Å². The summed E-state index contributed by atoms with van der Waals surface area (Å²) in [7, 11) is 0. The maximum absolute atomic E-state index is 13.6. The zero-order valence-electron chi connectivity index (χ0n) is 19.2. The van der Waals surface area contributed by atoms with Gasteiger partial charge in [0.15, 0.2) is 0 Å². The van der Waals surface area contributed by atoms with Crippen LogP contribution in [-0.2, 0) is 20.7 Å². The Morgan fingerprint density at radius 2 is 1.85 bits per heavy atom. The molecule has 2 saturated heterocycles. The molecule has 3 amide bonds. The summed E-state index contributed by atoms with van der Waals surface area (Å²) in [5.74, 6) is -0.386. The molecule has 0 radical (unpaired) electrons. The van der Waals surface area contributed by atoms with Crippen LogP contribution in [0.2, 0.25) is 0 Å². The fourth-order valence-electron chi connectivity index (χ4n) is 4.61. The van der Waals surface area contributed by atoms with Gasteiger partial charge in [-0.05, 0) is 30.0 Å². The molecule has 0 aliphatic carbocycles. The fourth-order valence-corrected chi connectivity index (χ4v) is 5.32. The van der Waals surface area contributed by atoms with E-state index in [1.165, 1.54) is 4.88 Å². The molecule has 2 aliphatic rings. The molecule has 0 bridgehead atoms. The van der Waals surface area contributed by atoms with Gasteiger partial charge in [0.05, 0.1) is 6.61 Å².